The second-order valence-electron chi connectivity index (χ2n) is 7.57. The van der Waals surface area contributed by atoms with Gasteiger partial charge in [0.05, 0.1) is 7.11 Å². The monoisotopic (exact) mass is 398 g/mol. The molecule has 0 atom stereocenters. The predicted octanol–water partition coefficient (Wildman–Crippen LogP) is 8.48. The first-order chi connectivity index (χ1) is 13.6. The van der Waals surface area contributed by atoms with Crippen LogP contribution in [0.15, 0.2) is 68.0 Å². The zero-order chi connectivity index (χ0) is 22.9. The topological polar surface area (TPSA) is 18.5 Å². The highest BCUT2D eigenvalue weighted by atomic mass is 17.2. The standard InChI is InChI=1S/C12H16.C10H14.C3H6O2.C2H6/c1-5-10-6-8-11(9-7-10)12(2,3)4;1-8(2)10-6-4-9(3)5-7-10;1-3-5-4-2;1-2/h5-9H,1H2,2-4H3;4-8H,1-3H3;3H,1H2,2H3;1-2H3. The Morgan fingerprint density at radius 3 is 1.62 bits per heavy atom. The maximum atomic E-state index is 4.10. The second kappa shape index (κ2) is 16.6. The molecule has 0 aliphatic carbocycles. The van der Waals surface area contributed by atoms with Gasteiger partial charge in [-0.15, -0.1) is 0 Å². The number of benzene rings is 2. The summed E-state index contributed by atoms with van der Waals surface area (Å²) in [5.41, 5.74) is 5.56. The van der Waals surface area contributed by atoms with Crippen molar-refractivity contribution in [3.63, 3.8) is 0 Å². The first-order valence-electron chi connectivity index (χ1n) is 10.3. The minimum absolute atomic E-state index is 0.250. The highest BCUT2D eigenvalue weighted by Crippen LogP contribution is 2.22. The van der Waals surface area contributed by atoms with Crippen molar-refractivity contribution >= 4 is 6.08 Å². The van der Waals surface area contributed by atoms with Gasteiger partial charge in [0.1, 0.15) is 6.26 Å². The minimum Gasteiger partial charge on any atom is -0.346 e. The summed E-state index contributed by atoms with van der Waals surface area (Å²) in [7, 11) is 1.42. The Morgan fingerprint density at radius 2 is 1.34 bits per heavy atom. The van der Waals surface area contributed by atoms with Crippen LogP contribution in [0.2, 0.25) is 0 Å². The van der Waals surface area contributed by atoms with Gasteiger partial charge in [-0.05, 0) is 34.9 Å². The summed E-state index contributed by atoms with van der Waals surface area (Å²) >= 11 is 0. The first-order valence-corrected chi connectivity index (χ1v) is 10.3. The van der Waals surface area contributed by atoms with Crippen molar-refractivity contribution in [2.24, 2.45) is 0 Å². The van der Waals surface area contributed by atoms with Gasteiger partial charge >= 0.3 is 0 Å². The molecule has 0 heterocycles. The molecule has 2 aromatic rings. The highest BCUT2D eigenvalue weighted by molar-refractivity contribution is 5.47. The van der Waals surface area contributed by atoms with Crippen LogP contribution in [0.4, 0.5) is 0 Å². The lowest BCUT2D eigenvalue weighted by atomic mass is 9.87. The lowest BCUT2D eigenvalue weighted by molar-refractivity contribution is -0.222. The average molecular weight is 399 g/mol. The molecule has 0 saturated carbocycles. The Hall–Kier alpha value is -2.32. The Balaban J connectivity index is 0. The molecule has 2 nitrogen and oxygen atoms in total. The van der Waals surface area contributed by atoms with Gasteiger partial charge in [0.2, 0.25) is 0 Å². The van der Waals surface area contributed by atoms with Gasteiger partial charge in [-0.1, -0.05) is 122 Å². The molecule has 0 aliphatic heterocycles. The van der Waals surface area contributed by atoms with Crippen molar-refractivity contribution < 1.29 is 9.78 Å². The first kappa shape index (κ1) is 28.9. The zero-order valence-corrected chi connectivity index (χ0v) is 20.1. The number of aryl methyl sites for hydroxylation is 1. The van der Waals surface area contributed by atoms with Crippen LogP contribution in [0.5, 0.6) is 0 Å². The largest absolute Gasteiger partial charge is 0.346 e. The van der Waals surface area contributed by atoms with E-state index in [9.17, 15) is 0 Å². The molecule has 0 amide bonds. The maximum absolute atomic E-state index is 4.10. The fraction of sp³-hybridized carbons (Fsp3) is 0.407. The van der Waals surface area contributed by atoms with E-state index >= 15 is 0 Å². The fourth-order valence-corrected chi connectivity index (χ4v) is 2.14. The summed E-state index contributed by atoms with van der Waals surface area (Å²) in [5.74, 6) is 0.653. The van der Waals surface area contributed by atoms with Gasteiger partial charge in [-0.25, -0.2) is 0 Å². The molecule has 0 bridgehead atoms. The van der Waals surface area contributed by atoms with Gasteiger partial charge in [0.25, 0.3) is 0 Å². The summed E-state index contributed by atoms with van der Waals surface area (Å²) in [5, 5.41) is 0. The van der Waals surface area contributed by atoms with Crippen LogP contribution >= 0.6 is 0 Å². The summed E-state index contributed by atoms with van der Waals surface area (Å²) in [6, 6.07) is 17.2. The number of hydrogen-bond acceptors (Lipinski definition) is 2. The van der Waals surface area contributed by atoms with Crippen LogP contribution in [-0.2, 0) is 15.2 Å². The average Bonchev–Trinajstić information content (AvgIpc) is 2.71. The number of rotatable bonds is 4. The van der Waals surface area contributed by atoms with E-state index in [1.165, 1.54) is 35.6 Å². The van der Waals surface area contributed by atoms with Crippen LogP contribution in [0.25, 0.3) is 6.08 Å². The van der Waals surface area contributed by atoms with Crippen molar-refractivity contribution in [2.75, 3.05) is 7.11 Å². The van der Waals surface area contributed by atoms with E-state index in [0.717, 1.165) is 0 Å². The summed E-state index contributed by atoms with van der Waals surface area (Å²) < 4.78 is 0. The maximum Gasteiger partial charge on any atom is 0.122 e. The fourth-order valence-electron chi connectivity index (χ4n) is 2.14. The van der Waals surface area contributed by atoms with E-state index in [0.29, 0.717) is 5.92 Å². The third-order valence-corrected chi connectivity index (χ3v) is 3.92. The Morgan fingerprint density at radius 1 is 0.862 bits per heavy atom. The van der Waals surface area contributed by atoms with Crippen LogP contribution in [-0.4, -0.2) is 7.11 Å². The molecular weight excluding hydrogens is 356 g/mol. The van der Waals surface area contributed by atoms with Crippen molar-refractivity contribution in [2.45, 2.75) is 66.7 Å². The van der Waals surface area contributed by atoms with E-state index in [-0.39, 0.29) is 5.41 Å². The van der Waals surface area contributed by atoms with Crippen LogP contribution in [0.3, 0.4) is 0 Å². The van der Waals surface area contributed by atoms with Crippen LogP contribution in [0, 0.1) is 6.92 Å². The predicted molar refractivity (Wildman–Crippen MR) is 130 cm³/mol. The normalized spacial score (nSPS) is 9.59. The van der Waals surface area contributed by atoms with Crippen molar-refractivity contribution in [3.05, 3.63) is 90.2 Å². The Kier molecular flexibility index (Phi) is 16.6. The van der Waals surface area contributed by atoms with E-state index in [1.54, 1.807) is 0 Å². The lowest BCUT2D eigenvalue weighted by Crippen LogP contribution is -2.10. The number of hydrogen-bond donors (Lipinski definition) is 0. The van der Waals surface area contributed by atoms with Gasteiger partial charge < -0.3 is 4.89 Å². The molecule has 2 rings (SSSR count). The molecule has 0 fully saturated rings. The molecule has 0 spiro atoms. The molecule has 0 aliphatic rings. The second-order valence-corrected chi connectivity index (χ2v) is 7.57. The zero-order valence-electron chi connectivity index (χ0n) is 20.1. The van der Waals surface area contributed by atoms with Gasteiger partial charge in [-0.3, -0.25) is 0 Å². The molecule has 0 unspecified atom stereocenters. The van der Waals surface area contributed by atoms with E-state index < -0.39 is 0 Å². The quantitative estimate of drug-likeness (QED) is 0.292. The van der Waals surface area contributed by atoms with E-state index in [2.05, 4.69) is 113 Å². The van der Waals surface area contributed by atoms with Gasteiger partial charge in [0.15, 0.2) is 0 Å². The van der Waals surface area contributed by atoms with Crippen molar-refractivity contribution in [1.82, 2.24) is 0 Å². The van der Waals surface area contributed by atoms with Crippen molar-refractivity contribution in [3.8, 4) is 0 Å². The molecule has 0 saturated heterocycles. The third-order valence-electron chi connectivity index (χ3n) is 3.92. The Labute approximate surface area is 180 Å². The molecule has 0 radical (unpaired) electrons. The summed E-state index contributed by atoms with van der Waals surface area (Å²) in [6.07, 6.45) is 3.08. The van der Waals surface area contributed by atoms with Crippen LogP contribution in [0.1, 0.15) is 76.6 Å². The molecule has 162 valence electrons. The third kappa shape index (κ3) is 14.3. The molecular formula is C27H42O2. The SMILES string of the molecule is C=COOC.C=Cc1ccc(C(C)(C)C)cc1.CC.Cc1ccc(C(C)C)cc1. The Bertz CT molecular complexity index is 644. The summed E-state index contributed by atoms with van der Waals surface area (Å²) in [4.78, 5) is 8.17. The van der Waals surface area contributed by atoms with Gasteiger partial charge in [0, 0.05) is 0 Å². The molecule has 2 aromatic carbocycles. The van der Waals surface area contributed by atoms with E-state index in [4.69, 9.17) is 0 Å². The smallest absolute Gasteiger partial charge is 0.122 e. The minimum atomic E-state index is 0.250. The molecule has 29 heavy (non-hydrogen) atoms. The molecule has 0 aromatic heterocycles. The lowest BCUT2D eigenvalue weighted by Gasteiger charge is -2.18. The summed E-state index contributed by atoms with van der Waals surface area (Å²) in [6.45, 7) is 24.1. The highest BCUT2D eigenvalue weighted by Gasteiger charge is 2.12. The van der Waals surface area contributed by atoms with E-state index in [1.807, 2.05) is 19.9 Å². The van der Waals surface area contributed by atoms with Crippen molar-refractivity contribution in [1.29, 1.82) is 0 Å². The van der Waals surface area contributed by atoms with Crippen LogP contribution < -0.4 is 0 Å². The molecule has 0 N–H and O–H groups in total. The molecule has 2 heteroatoms. The van der Waals surface area contributed by atoms with Gasteiger partial charge in [-0.2, -0.15) is 4.89 Å².